The molecule has 0 saturated carbocycles. The van der Waals surface area contributed by atoms with Crippen LogP contribution in [0.1, 0.15) is 6.42 Å². The van der Waals surface area contributed by atoms with Crippen LogP contribution < -0.4 is 10.1 Å². The quantitative estimate of drug-likeness (QED) is 0.500. The number of ether oxygens (including phenoxy) is 1. The summed E-state index contributed by atoms with van der Waals surface area (Å²) in [6.45, 7) is 0. The average Bonchev–Trinajstić information content (AvgIpc) is 2.65. The zero-order chi connectivity index (χ0) is 14.4. The first-order valence-electron chi connectivity index (χ1n) is 5.99. The Morgan fingerprint density at radius 1 is 1.20 bits per heavy atom. The van der Waals surface area contributed by atoms with Crippen molar-refractivity contribution >= 4 is 18.1 Å². The molecule has 5 heteroatoms. The zero-order valence-corrected chi connectivity index (χ0v) is 10.6. The molecular formula is C15H13NO4. The van der Waals surface area contributed by atoms with E-state index in [1.807, 2.05) is 18.2 Å². The predicted molar refractivity (Wildman–Crippen MR) is 74.7 cm³/mol. The van der Waals surface area contributed by atoms with Gasteiger partial charge in [0.05, 0.1) is 0 Å². The SMILES string of the molecule is O=CC1=CCC=C(Nc2ccc(OC(=O)O)cc2)C=C1. The summed E-state index contributed by atoms with van der Waals surface area (Å²) in [4.78, 5) is 21.1. The molecule has 0 amide bonds. The molecule has 0 atom stereocenters. The molecule has 0 unspecified atom stereocenters. The van der Waals surface area contributed by atoms with Crippen LogP contribution in [0.5, 0.6) is 5.75 Å². The molecule has 102 valence electrons. The Kier molecular flexibility index (Phi) is 4.34. The molecule has 1 aliphatic carbocycles. The van der Waals surface area contributed by atoms with Crippen LogP contribution in [-0.4, -0.2) is 17.5 Å². The van der Waals surface area contributed by atoms with Crippen LogP contribution in [0, 0.1) is 0 Å². The van der Waals surface area contributed by atoms with Gasteiger partial charge < -0.3 is 15.2 Å². The van der Waals surface area contributed by atoms with E-state index in [2.05, 4.69) is 10.1 Å². The minimum Gasteiger partial charge on any atom is -0.449 e. The molecule has 1 aromatic carbocycles. The lowest BCUT2D eigenvalue weighted by Gasteiger charge is -2.07. The van der Waals surface area contributed by atoms with Gasteiger partial charge in [0.15, 0.2) is 0 Å². The van der Waals surface area contributed by atoms with E-state index in [1.165, 1.54) is 0 Å². The second-order valence-electron chi connectivity index (χ2n) is 4.07. The number of aldehydes is 1. The van der Waals surface area contributed by atoms with E-state index in [0.717, 1.165) is 17.7 Å². The lowest BCUT2D eigenvalue weighted by molar-refractivity contribution is -0.104. The van der Waals surface area contributed by atoms with E-state index in [1.54, 1.807) is 30.3 Å². The number of benzene rings is 1. The van der Waals surface area contributed by atoms with Crippen LogP contribution in [0.3, 0.4) is 0 Å². The lowest BCUT2D eigenvalue weighted by atomic mass is 10.2. The highest BCUT2D eigenvalue weighted by Gasteiger charge is 2.02. The summed E-state index contributed by atoms with van der Waals surface area (Å²) in [5.41, 5.74) is 2.31. The fourth-order valence-electron chi connectivity index (χ4n) is 1.70. The highest BCUT2D eigenvalue weighted by atomic mass is 16.7. The van der Waals surface area contributed by atoms with Gasteiger partial charge in [-0.3, -0.25) is 4.79 Å². The van der Waals surface area contributed by atoms with Gasteiger partial charge >= 0.3 is 6.16 Å². The number of rotatable bonds is 4. The summed E-state index contributed by atoms with van der Waals surface area (Å²) in [5, 5.41) is 11.7. The predicted octanol–water partition coefficient (Wildman–Crippen LogP) is 3.12. The first-order valence-corrected chi connectivity index (χ1v) is 5.99. The van der Waals surface area contributed by atoms with Crippen molar-refractivity contribution < 1.29 is 19.4 Å². The second kappa shape index (κ2) is 6.38. The molecule has 20 heavy (non-hydrogen) atoms. The summed E-state index contributed by atoms with van der Waals surface area (Å²) < 4.78 is 4.52. The Balaban J connectivity index is 2.02. The number of nitrogens with one attached hydrogen (secondary N) is 1. The molecule has 0 bridgehead atoms. The number of carbonyl (C=O) groups is 2. The summed E-state index contributed by atoms with van der Waals surface area (Å²) in [5.74, 6) is 0.262. The highest BCUT2D eigenvalue weighted by Crippen LogP contribution is 2.18. The third-order valence-corrected chi connectivity index (χ3v) is 2.63. The number of hydrogen-bond donors (Lipinski definition) is 2. The molecule has 5 nitrogen and oxygen atoms in total. The van der Waals surface area contributed by atoms with Crippen molar-refractivity contribution in [2.24, 2.45) is 0 Å². The normalized spacial score (nSPS) is 13.8. The Morgan fingerprint density at radius 3 is 2.60 bits per heavy atom. The highest BCUT2D eigenvalue weighted by molar-refractivity contribution is 5.78. The van der Waals surface area contributed by atoms with E-state index in [-0.39, 0.29) is 5.75 Å². The smallest absolute Gasteiger partial charge is 0.449 e. The van der Waals surface area contributed by atoms with Crippen molar-refractivity contribution in [2.45, 2.75) is 6.42 Å². The molecule has 0 spiro atoms. The Hall–Kier alpha value is -2.82. The standard InChI is InChI=1S/C15H13NO4/c17-10-11-2-1-3-12(5-4-11)16-13-6-8-14(9-7-13)20-15(18)19/h2-10,16H,1H2,(H,18,19). The molecule has 2 rings (SSSR count). The molecule has 1 aromatic rings. The summed E-state index contributed by atoms with van der Waals surface area (Å²) in [6.07, 6.45) is 7.48. The van der Waals surface area contributed by atoms with Gasteiger partial charge in [-0.25, -0.2) is 4.79 Å². The van der Waals surface area contributed by atoms with Gasteiger partial charge in [-0.2, -0.15) is 0 Å². The van der Waals surface area contributed by atoms with Gasteiger partial charge in [0.2, 0.25) is 0 Å². The fourth-order valence-corrected chi connectivity index (χ4v) is 1.70. The first-order chi connectivity index (χ1) is 9.67. The minimum atomic E-state index is -1.34. The zero-order valence-electron chi connectivity index (χ0n) is 10.6. The van der Waals surface area contributed by atoms with Crippen LogP contribution in [0.4, 0.5) is 10.5 Å². The van der Waals surface area contributed by atoms with E-state index in [4.69, 9.17) is 5.11 Å². The maximum Gasteiger partial charge on any atom is 0.511 e. The lowest BCUT2D eigenvalue weighted by Crippen LogP contribution is -2.03. The minimum absolute atomic E-state index is 0.262. The van der Waals surface area contributed by atoms with E-state index >= 15 is 0 Å². The third kappa shape index (κ3) is 3.84. The first kappa shape index (κ1) is 13.6. The van der Waals surface area contributed by atoms with Crippen molar-refractivity contribution in [3.05, 3.63) is 59.8 Å². The fraction of sp³-hybridized carbons (Fsp3) is 0.0667. The van der Waals surface area contributed by atoms with Crippen LogP contribution in [0.15, 0.2) is 59.8 Å². The maximum atomic E-state index is 10.7. The van der Waals surface area contributed by atoms with Crippen LogP contribution in [0.25, 0.3) is 0 Å². The van der Waals surface area contributed by atoms with Crippen molar-refractivity contribution in [3.8, 4) is 5.75 Å². The second-order valence-corrected chi connectivity index (χ2v) is 4.07. The molecule has 0 saturated heterocycles. The number of carboxylic acid groups (broad SMARTS) is 1. The Labute approximate surface area is 115 Å². The monoisotopic (exact) mass is 271 g/mol. The molecular weight excluding hydrogens is 258 g/mol. The van der Waals surface area contributed by atoms with Gasteiger partial charge in [-0.1, -0.05) is 12.2 Å². The average molecular weight is 271 g/mol. The Bertz CT molecular complexity index is 597. The van der Waals surface area contributed by atoms with Crippen LogP contribution in [-0.2, 0) is 4.79 Å². The van der Waals surface area contributed by atoms with Crippen LogP contribution >= 0.6 is 0 Å². The molecule has 1 aliphatic rings. The van der Waals surface area contributed by atoms with Crippen molar-refractivity contribution in [2.75, 3.05) is 5.32 Å². The summed E-state index contributed by atoms with van der Waals surface area (Å²) in [6, 6.07) is 6.55. The molecule has 0 aliphatic heterocycles. The van der Waals surface area contributed by atoms with E-state index in [0.29, 0.717) is 12.0 Å². The third-order valence-electron chi connectivity index (χ3n) is 2.63. The van der Waals surface area contributed by atoms with Crippen molar-refractivity contribution in [1.82, 2.24) is 0 Å². The van der Waals surface area contributed by atoms with Crippen molar-refractivity contribution in [1.29, 1.82) is 0 Å². The topological polar surface area (TPSA) is 75.6 Å². The molecule has 0 fully saturated rings. The molecule has 0 heterocycles. The van der Waals surface area contributed by atoms with Crippen molar-refractivity contribution in [3.63, 3.8) is 0 Å². The number of carbonyl (C=O) groups excluding carboxylic acids is 1. The maximum absolute atomic E-state index is 10.7. The van der Waals surface area contributed by atoms with Gasteiger partial charge in [-0.05, 0) is 42.8 Å². The van der Waals surface area contributed by atoms with Crippen LogP contribution in [0.2, 0.25) is 0 Å². The molecule has 0 aromatic heterocycles. The van der Waals surface area contributed by atoms with Gasteiger partial charge in [0, 0.05) is 17.0 Å². The summed E-state index contributed by atoms with van der Waals surface area (Å²) in [7, 11) is 0. The van der Waals surface area contributed by atoms with Gasteiger partial charge in [-0.15, -0.1) is 0 Å². The molecule has 2 N–H and O–H groups in total. The van der Waals surface area contributed by atoms with E-state index in [9.17, 15) is 9.59 Å². The number of anilines is 1. The van der Waals surface area contributed by atoms with E-state index < -0.39 is 6.16 Å². The molecule has 0 radical (unpaired) electrons. The Morgan fingerprint density at radius 2 is 1.95 bits per heavy atom. The number of allylic oxidation sites excluding steroid dienone is 5. The summed E-state index contributed by atoms with van der Waals surface area (Å²) >= 11 is 0. The largest absolute Gasteiger partial charge is 0.511 e. The van der Waals surface area contributed by atoms with Gasteiger partial charge in [0.25, 0.3) is 0 Å². The number of hydrogen-bond acceptors (Lipinski definition) is 4. The van der Waals surface area contributed by atoms with Gasteiger partial charge in [0.1, 0.15) is 12.0 Å².